The number of amides is 2. The summed E-state index contributed by atoms with van der Waals surface area (Å²) in [6.07, 6.45) is 3.94. The molecule has 1 saturated carbocycles. The van der Waals surface area contributed by atoms with Crippen molar-refractivity contribution in [1.82, 2.24) is 15.5 Å². The zero-order valence-electron chi connectivity index (χ0n) is 18.6. The molecule has 1 heterocycles. The largest absolute Gasteiger partial charge is 0.450 e. The predicted octanol–water partition coefficient (Wildman–Crippen LogP) is 3.08. The highest BCUT2D eigenvalue weighted by atomic mass is 32.2. The quantitative estimate of drug-likeness (QED) is 0.553. The molecule has 3 rings (SSSR count). The summed E-state index contributed by atoms with van der Waals surface area (Å²) in [6.45, 7) is 4.19. The van der Waals surface area contributed by atoms with Crippen LogP contribution >= 0.6 is 0 Å². The third-order valence-electron chi connectivity index (χ3n) is 5.46. The highest BCUT2D eigenvalue weighted by Crippen LogP contribution is 2.34. The van der Waals surface area contributed by atoms with Crippen LogP contribution in [-0.4, -0.2) is 49.5 Å². The molecule has 0 bridgehead atoms. The molecule has 1 fully saturated rings. The minimum atomic E-state index is -3.44. The number of alkyl carbamates (subject to hydrolysis) is 1. The van der Waals surface area contributed by atoms with Gasteiger partial charge in [-0.2, -0.15) is 5.10 Å². The second-order valence-electron chi connectivity index (χ2n) is 8.30. The lowest BCUT2D eigenvalue weighted by Gasteiger charge is -2.12. The van der Waals surface area contributed by atoms with Crippen LogP contribution in [0.4, 0.5) is 10.6 Å². The van der Waals surface area contributed by atoms with Crippen LogP contribution in [0.3, 0.4) is 0 Å². The van der Waals surface area contributed by atoms with Gasteiger partial charge in [0, 0.05) is 30.0 Å². The van der Waals surface area contributed by atoms with E-state index in [-0.39, 0.29) is 35.3 Å². The Balaban J connectivity index is 1.58. The molecular formula is C22H30N4O5S. The van der Waals surface area contributed by atoms with Gasteiger partial charge in [-0.1, -0.05) is 24.6 Å². The SMILES string of the molecule is CCCOC(=O)NC1CCC(c2cc(NC(=O)Cc3cc(C)ccc3S(C)(=O)=O)n[nH]2)C1. The van der Waals surface area contributed by atoms with Gasteiger partial charge in [-0.3, -0.25) is 9.89 Å². The first kappa shape index (κ1) is 23.8. The van der Waals surface area contributed by atoms with E-state index in [4.69, 9.17) is 4.74 Å². The molecule has 0 radical (unpaired) electrons. The van der Waals surface area contributed by atoms with Crippen molar-refractivity contribution in [2.75, 3.05) is 18.2 Å². The second-order valence-corrected chi connectivity index (χ2v) is 10.3. The Kier molecular flexibility index (Phi) is 7.55. The van der Waals surface area contributed by atoms with Crippen LogP contribution in [0.15, 0.2) is 29.2 Å². The number of rotatable bonds is 8. The monoisotopic (exact) mass is 462 g/mol. The summed E-state index contributed by atoms with van der Waals surface area (Å²) in [4.78, 5) is 24.4. The molecule has 1 aliphatic carbocycles. The van der Waals surface area contributed by atoms with Gasteiger partial charge in [0.15, 0.2) is 15.7 Å². The lowest BCUT2D eigenvalue weighted by molar-refractivity contribution is -0.115. The van der Waals surface area contributed by atoms with Crippen molar-refractivity contribution in [1.29, 1.82) is 0 Å². The Morgan fingerprint density at radius 1 is 1.25 bits per heavy atom. The van der Waals surface area contributed by atoms with Crippen molar-refractivity contribution in [3.8, 4) is 0 Å². The molecule has 1 aromatic carbocycles. The molecular weight excluding hydrogens is 432 g/mol. The van der Waals surface area contributed by atoms with E-state index in [9.17, 15) is 18.0 Å². The van der Waals surface area contributed by atoms with E-state index in [0.29, 0.717) is 18.0 Å². The van der Waals surface area contributed by atoms with Crippen LogP contribution in [0.2, 0.25) is 0 Å². The predicted molar refractivity (Wildman–Crippen MR) is 120 cm³/mol. The van der Waals surface area contributed by atoms with E-state index in [0.717, 1.165) is 43.2 Å². The van der Waals surface area contributed by atoms with Gasteiger partial charge in [0.1, 0.15) is 0 Å². The highest BCUT2D eigenvalue weighted by Gasteiger charge is 2.29. The van der Waals surface area contributed by atoms with Crippen molar-refractivity contribution in [2.45, 2.75) is 62.8 Å². The average Bonchev–Trinajstić information content (AvgIpc) is 3.34. The van der Waals surface area contributed by atoms with Crippen molar-refractivity contribution in [2.24, 2.45) is 0 Å². The maximum Gasteiger partial charge on any atom is 0.407 e. The molecule has 3 N–H and O–H groups in total. The van der Waals surface area contributed by atoms with Gasteiger partial charge in [-0.15, -0.1) is 0 Å². The number of nitrogens with one attached hydrogen (secondary N) is 3. The molecule has 1 aromatic heterocycles. The van der Waals surface area contributed by atoms with Gasteiger partial charge in [-0.05, 0) is 44.2 Å². The fraction of sp³-hybridized carbons (Fsp3) is 0.500. The normalized spacial score (nSPS) is 18.3. The van der Waals surface area contributed by atoms with Gasteiger partial charge >= 0.3 is 6.09 Å². The van der Waals surface area contributed by atoms with E-state index in [1.807, 2.05) is 13.8 Å². The number of anilines is 1. The standard InChI is InChI=1S/C22H30N4O5S/c1-4-9-31-22(28)23-17-7-6-15(11-17)18-13-20(26-25-18)24-21(27)12-16-10-14(2)5-8-19(16)32(3,29)30/h5,8,10,13,15,17H,4,6-7,9,11-12H2,1-3H3,(H,23,28)(H2,24,25,26,27). The van der Waals surface area contributed by atoms with Gasteiger partial charge in [0.05, 0.1) is 17.9 Å². The smallest absolute Gasteiger partial charge is 0.407 e. The number of hydrogen-bond donors (Lipinski definition) is 3. The average molecular weight is 463 g/mol. The fourth-order valence-corrected chi connectivity index (χ4v) is 4.90. The molecule has 10 heteroatoms. The molecule has 2 unspecified atom stereocenters. The zero-order chi connectivity index (χ0) is 23.3. The number of hydrogen-bond acceptors (Lipinski definition) is 6. The number of aryl methyl sites for hydroxylation is 1. The lowest BCUT2D eigenvalue weighted by Crippen LogP contribution is -2.33. The Bertz CT molecular complexity index is 1080. The van der Waals surface area contributed by atoms with Crippen molar-refractivity contribution >= 4 is 27.7 Å². The maximum atomic E-state index is 12.5. The molecule has 2 amide bonds. The van der Waals surface area contributed by atoms with Crippen molar-refractivity contribution in [3.63, 3.8) is 0 Å². The van der Waals surface area contributed by atoms with Crippen LogP contribution in [0.5, 0.6) is 0 Å². The minimum Gasteiger partial charge on any atom is -0.450 e. The summed E-state index contributed by atoms with van der Waals surface area (Å²) >= 11 is 0. The summed E-state index contributed by atoms with van der Waals surface area (Å²) in [5, 5.41) is 12.8. The molecule has 9 nitrogen and oxygen atoms in total. The van der Waals surface area contributed by atoms with Crippen LogP contribution in [-0.2, 0) is 25.8 Å². The third kappa shape index (κ3) is 6.32. The number of carbonyl (C=O) groups excluding carboxylic acids is 2. The van der Waals surface area contributed by atoms with Crippen LogP contribution < -0.4 is 10.6 Å². The van der Waals surface area contributed by atoms with Gasteiger partial charge in [0.25, 0.3) is 0 Å². The van der Waals surface area contributed by atoms with Gasteiger partial charge in [0.2, 0.25) is 5.91 Å². The van der Waals surface area contributed by atoms with Gasteiger partial charge in [-0.25, -0.2) is 13.2 Å². The van der Waals surface area contributed by atoms with Crippen LogP contribution in [0.25, 0.3) is 0 Å². The minimum absolute atomic E-state index is 0.0430. The molecule has 0 saturated heterocycles. The van der Waals surface area contributed by atoms with Crippen molar-refractivity contribution < 1.29 is 22.7 Å². The van der Waals surface area contributed by atoms with E-state index in [1.54, 1.807) is 18.2 Å². The summed E-state index contributed by atoms with van der Waals surface area (Å²) < 4.78 is 29.1. The van der Waals surface area contributed by atoms with E-state index >= 15 is 0 Å². The summed E-state index contributed by atoms with van der Waals surface area (Å²) in [7, 11) is -3.44. The molecule has 0 aliphatic heterocycles. The van der Waals surface area contributed by atoms with Gasteiger partial charge < -0.3 is 15.4 Å². The number of benzene rings is 1. The molecule has 2 aromatic rings. The van der Waals surface area contributed by atoms with E-state index in [2.05, 4.69) is 20.8 Å². The Hall–Kier alpha value is -2.88. The number of nitrogens with zero attached hydrogens (tertiary/aromatic N) is 1. The topological polar surface area (TPSA) is 130 Å². The van der Waals surface area contributed by atoms with Crippen LogP contribution in [0, 0.1) is 6.92 Å². The summed E-state index contributed by atoms with van der Waals surface area (Å²) in [6, 6.07) is 6.78. The Labute approximate surface area is 188 Å². The Morgan fingerprint density at radius 3 is 2.75 bits per heavy atom. The second kappa shape index (κ2) is 10.2. The number of carbonyl (C=O) groups is 2. The molecule has 1 aliphatic rings. The lowest BCUT2D eigenvalue weighted by atomic mass is 10.0. The molecule has 2 atom stereocenters. The zero-order valence-corrected chi connectivity index (χ0v) is 19.4. The fourth-order valence-electron chi connectivity index (χ4n) is 3.98. The first-order valence-corrected chi connectivity index (χ1v) is 12.6. The number of aromatic amines is 1. The first-order valence-electron chi connectivity index (χ1n) is 10.7. The number of H-pyrrole nitrogens is 1. The summed E-state index contributed by atoms with van der Waals surface area (Å²) in [5.41, 5.74) is 2.23. The number of aromatic nitrogens is 2. The first-order chi connectivity index (χ1) is 15.2. The number of ether oxygens (including phenoxy) is 1. The Morgan fingerprint density at radius 2 is 2.03 bits per heavy atom. The highest BCUT2D eigenvalue weighted by molar-refractivity contribution is 7.90. The molecule has 174 valence electrons. The van der Waals surface area contributed by atoms with Crippen molar-refractivity contribution in [3.05, 3.63) is 41.1 Å². The molecule has 32 heavy (non-hydrogen) atoms. The van der Waals surface area contributed by atoms with Crippen LogP contribution in [0.1, 0.15) is 55.3 Å². The molecule has 0 spiro atoms. The van der Waals surface area contributed by atoms with E-state index < -0.39 is 9.84 Å². The summed E-state index contributed by atoms with van der Waals surface area (Å²) in [5.74, 6) is 0.235. The van der Waals surface area contributed by atoms with E-state index in [1.165, 1.54) is 6.07 Å². The third-order valence-corrected chi connectivity index (χ3v) is 6.66. The maximum absolute atomic E-state index is 12.5. The number of sulfone groups is 1.